The number of ether oxygens (including phenoxy) is 1. The summed E-state index contributed by atoms with van der Waals surface area (Å²) in [5, 5.41) is 11.2. The maximum Gasteiger partial charge on any atom is 0.573 e. The summed E-state index contributed by atoms with van der Waals surface area (Å²) in [5.74, 6) is -0.267. The van der Waals surface area contributed by atoms with Crippen LogP contribution in [-0.2, 0) is 19.7 Å². The van der Waals surface area contributed by atoms with Gasteiger partial charge in [0.25, 0.3) is 0 Å². The SMILES string of the molecule is CC(=NNc1cc(NN=C(C)c2ccc(S(C)(=O)=O)cc2)nc(Nc2ccc(OC(F)(F)F)c(Cl)c2)n1)c1ccc(S(C)(=O)=O)cc1. The fraction of sp³-hybridized carbons (Fsp3) is 0.172. The highest BCUT2D eigenvalue weighted by Gasteiger charge is 2.32. The van der Waals surface area contributed by atoms with Crippen LogP contribution in [0, 0.1) is 0 Å². The minimum absolute atomic E-state index is 0.0197. The molecule has 0 aliphatic heterocycles. The van der Waals surface area contributed by atoms with Crippen molar-refractivity contribution in [2.75, 3.05) is 28.7 Å². The van der Waals surface area contributed by atoms with Crippen molar-refractivity contribution in [2.24, 2.45) is 10.2 Å². The molecule has 0 amide bonds. The third kappa shape index (κ3) is 10.1. The molecule has 3 N–H and O–H groups in total. The fourth-order valence-electron chi connectivity index (χ4n) is 3.83. The van der Waals surface area contributed by atoms with Crippen LogP contribution in [0.25, 0.3) is 0 Å². The number of nitrogens with one attached hydrogen (secondary N) is 3. The number of hydrogen-bond acceptors (Lipinski definition) is 12. The summed E-state index contributed by atoms with van der Waals surface area (Å²) in [5.41, 5.74) is 8.09. The van der Waals surface area contributed by atoms with Gasteiger partial charge in [-0.3, -0.25) is 10.9 Å². The van der Waals surface area contributed by atoms with Crippen molar-refractivity contribution < 1.29 is 34.7 Å². The molecule has 0 saturated heterocycles. The zero-order valence-electron chi connectivity index (χ0n) is 25.1. The molecule has 0 aliphatic carbocycles. The van der Waals surface area contributed by atoms with Gasteiger partial charge in [-0.1, -0.05) is 35.9 Å². The van der Waals surface area contributed by atoms with Crippen LogP contribution in [0.3, 0.4) is 0 Å². The highest BCUT2D eigenvalue weighted by atomic mass is 35.5. The molecule has 0 spiro atoms. The van der Waals surface area contributed by atoms with Crippen molar-refractivity contribution in [3.05, 3.63) is 88.9 Å². The first-order valence-corrected chi connectivity index (χ1v) is 17.5. The van der Waals surface area contributed by atoms with E-state index in [0.717, 1.165) is 18.6 Å². The summed E-state index contributed by atoms with van der Waals surface area (Å²) < 4.78 is 89.0. The van der Waals surface area contributed by atoms with Crippen molar-refractivity contribution in [1.82, 2.24) is 9.97 Å². The molecule has 0 saturated carbocycles. The van der Waals surface area contributed by atoms with Gasteiger partial charge in [0, 0.05) is 24.3 Å². The van der Waals surface area contributed by atoms with E-state index in [1.807, 2.05) is 0 Å². The summed E-state index contributed by atoms with van der Waals surface area (Å²) in [7, 11) is -6.75. The number of nitrogens with zero attached hydrogens (tertiary/aromatic N) is 4. The second-order valence-electron chi connectivity index (χ2n) is 9.99. The van der Waals surface area contributed by atoms with Crippen LogP contribution in [-0.4, -0.2) is 57.1 Å². The van der Waals surface area contributed by atoms with Gasteiger partial charge in [-0.25, -0.2) is 16.8 Å². The van der Waals surface area contributed by atoms with E-state index in [0.29, 0.717) is 22.6 Å². The molecule has 1 aromatic heterocycles. The fourth-order valence-corrected chi connectivity index (χ4v) is 5.31. The van der Waals surface area contributed by atoms with Gasteiger partial charge in [0.1, 0.15) is 5.75 Å². The summed E-state index contributed by atoms with van der Waals surface area (Å²) in [6.45, 7) is 3.38. The summed E-state index contributed by atoms with van der Waals surface area (Å²) >= 11 is 5.99. The Labute approximate surface area is 273 Å². The van der Waals surface area contributed by atoms with E-state index in [-0.39, 0.29) is 38.1 Å². The number of sulfone groups is 2. The molecular weight excluding hydrogens is 683 g/mol. The lowest BCUT2D eigenvalue weighted by Crippen LogP contribution is -2.17. The first kappa shape index (κ1) is 35.1. The maximum absolute atomic E-state index is 12.7. The molecule has 18 heteroatoms. The summed E-state index contributed by atoms with van der Waals surface area (Å²) in [4.78, 5) is 9.02. The van der Waals surface area contributed by atoms with E-state index in [4.69, 9.17) is 11.6 Å². The second-order valence-corrected chi connectivity index (χ2v) is 14.4. The molecular formula is C29H27ClF3N7O5S2. The number of benzene rings is 3. The predicted octanol–water partition coefficient (Wildman–Crippen LogP) is 6.25. The van der Waals surface area contributed by atoms with Crippen LogP contribution in [0.4, 0.5) is 36.4 Å². The van der Waals surface area contributed by atoms with Crippen LogP contribution in [0.5, 0.6) is 5.75 Å². The average molecular weight is 710 g/mol. The number of anilines is 4. The van der Waals surface area contributed by atoms with Crippen molar-refractivity contribution in [1.29, 1.82) is 0 Å². The second kappa shape index (κ2) is 13.9. The molecule has 1 heterocycles. The Kier molecular flexibility index (Phi) is 10.4. The highest BCUT2D eigenvalue weighted by Crippen LogP contribution is 2.33. The Balaban J connectivity index is 1.62. The molecule has 12 nitrogen and oxygen atoms in total. The van der Waals surface area contributed by atoms with Crippen LogP contribution in [0.1, 0.15) is 25.0 Å². The van der Waals surface area contributed by atoms with Gasteiger partial charge >= 0.3 is 6.36 Å². The van der Waals surface area contributed by atoms with Gasteiger partial charge < -0.3 is 10.1 Å². The van der Waals surface area contributed by atoms with E-state index >= 15 is 0 Å². The number of hydrazone groups is 2. The van der Waals surface area contributed by atoms with E-state index in [1.54, 1.807) is 38.1 Å². The third-order valence-electron chi connectivity index (χ3n) is 6.22. The van der Waals surface area contributed by atoms with E-state index in [2.05, 4.69) is 41.1 Å². The Morgan fingerprint density at radius 3 is 1.57 bits per heavy atom. The molecule has 0 atom stereocenters. The minimum atomic E-state index is -4.93. The quantitative estimate of drug-likeness (QED) is 0.120. The zero-order valence-corrected chi connectivity index (χ0v) is 27.5. The molecule has 3 aromatic carbocycles. The van der Waals surface area contributed by atoms with Crippen molar-refractivity contribution in [3.63, 3.8) is 0 Å². The highest BCUT2D eigenvalue weighted by molar-refractivity contribution is 7.91. The lowest BCUT2D eigenvalue weighted by molar-refractivity contribution is -0.274. The van der Waals surface area contributed by atoms with Crippen LogP contribution >= 0.6 is 11.6 Å². The number of rotatable bonds is 11. The standard InChI is InChI=1S/C29H27ClF3N7O5S2/c1-17(19-5-10-22(11-6-19)46(3,41)42)37-39-26-16-27(40-38-18(2)20-7-12-23(13-8-20)47(4,43)44)36-28(35-26)34-21-9-14-25(24(30)15-21)45-29(31,32)33/h5-16H,1-4H3,(H3,34,35,36,39,40). The largest absolute Gasteiger partial charge is 0.573 e. The Hall–Kier alpha value is -4.74. The van der Waals surface area contributed by atoms with Gasteiger partial charge in [-0.05, 0) is 67.4 Å². The normalized spacial score (nSPS) is 12.9. The van der Waals surface area contributed by atoms with Gasteiger partial charge in [0.2, 0.25) is 5.95 Å². The van der Waals surface area contributed by atoms with Crippen molar-refractivity contribution in [2.45, 2.75) is 30.0 Å². The van der Waals surface area contributed by atoms with E-state index in [9.17, 15) is 30.0 Å². The number of halogens is 4. The van der Waals surface area contributed by atoms with E-state index < -0.39 is 31.8 Å². The smallest absolute Gasteiger partial charge is 0.404 e. The first-order chi connectivity index (χ1) is 21.9. The lowest BCUT2D eigenvalue weighted by Gasteiger charge is -2.13. The number of hydrogen-bond donors (Lipinski definition) is 3. The van der Waals surface area contributed by atoms with Crippen molar-refractivity contribution in [3.8, 4) is 5.75 Å². The van der Waals surface area contributed by atoms with Gasteiger partial charge in [0.15, 0.2) is 31.3 Å². The Bertz CT molecular complexity index is 1950. The molecule has 0 bridgehead atoms. The lowest BCUT2D eigenvalue weighted by atomic mass is 10.1. The van der Waals surface area contributed by atoms with Crippen LogP contribution < -0.4 is 20.9 Å². The predicted molar refractivity (Wildman–Crippen MR) is 174 cm³/mol. The molecule has 47 heavy (non-hydrogen) atoms. The third-order valence-corrected chi connectivity index (χ3v) is 8.77. The molecule has 0 fully saturated rings. The van der Waals surface area contributed by atoms with Gasteiger partial charge in [0.05, 0.1) is 26.2 Å². The summed E-state index contributed by atoms with van der Waals surface area (Å²) in [6.07, 6.45) is -2.71. The monoisotopic (exact) mass is 709 g/mol. The molecule has 0 aliphatic rings. The zero-order chi connectivity index (χ0) is 34.6. The topological polar surface area (TPSA) is 164 Å². The van der Waals surface area contributed by atoms with Crippen LogP contribution in [0.15, 0.2) is 92.8 Å². The Morgan fingerprint density at radius 2 is 1.19 bits per heavy atom. The average Bonchev–Trinajstić information content (AvgIpc) is 2.98. The number of alkyl halides is 3. The van der Waals surface area contributed by atoms with E-state index in [1.165, 1.54) is 42.5 Å². The molecule has 4 rings (SSSR count). The molecule has 248 valence electrons. The van der Waals surface area contributed by atoms with Crippen molar-refractivity contribution >= 4 is 66.0 Å². The first-order valence-electron chi connectivity index (χ1n) is 13.3. The molecule has 0 unspecified atom stereocenters. The van der Waals surface area contributed by atoms with Gasteiger partial charge in [-0.2, -0.15) is 20.2 Å². The number of aromatic nitrogens is 2. The van der Waals surface area contributed by atoms with Crippen LogP contribution in [0.2, 0.25) is 5.02 Å². The molecule has 0 radical (unpaired) electrons. The minimum Gasteiger partial charge on any atom is -0.404 e. The maximum atomic E-state index is 12.7. The van der Waals surface area contributed by atoms with Gasteiger partial charge in [-0.15, -0.1) is 13.2 Å². The summed E-state index contributed by atoms with van der Waals surface area (Å²) in [6, 6.07) is 17.3. The Morgan fingerprint density at radius 1 is 0.745 bits per heavy atom. The molecule has 4 aromatic rings.